The summed E-state index contributed by atoms with van der Waals surface area (Å²) < 4.78 is 12.4. The fraction of sp³-hybridized carbons (Fsp3) is 0.222. The highest BCUT2D eigenvalue weighted by molar-refractivity contribution is 8.87. The van der Waals surface area contributed by atoms with E-state index in [1.807, 2.05) is 840 Å². The van der Waals surface area contributed by atoms with Crippen molar-refractivity contribution in [1.82, 2.24) is 15.0 Å². The standard InChI is InChI=1S/C27H26BN3O2.S101/c1-26(2)27(3,4)33-28(32-26)22-17-15-21(16-18-22)25-30-23(19-11-7-5-8-12-19)29-24(31-25)20-13-9-6-10-14-20;1-3-5-7-9-11-13-15-17-19-21-23-25-27-29-31-33-35-37-39-41-43-45-47-49-51-53-55-57-59-61-63-65-67-69-71-73-75-77-79-81-83-85-87-89-91-93-95-97-99-101-100-98-96-94-92-90-88-86-84-82-80-78-76-74-72-70-68-66-64-62-60-58-56-54-52-50-48-46-44-42-40-38-36-34-32-30-28-26-24-22-20-18-16-14-12-10-8-6-4-2/h5-18H,1-4H3;. The van der Waals surface area contributed by atoms with Crippen LogP contribution in [0.3, 0.4) is 0 Å². The van der Waals surface area contributed by atoms with E-state index in [0.717, 1.165) is 22.2 Å². The van der Waals surface area contributed by atoms with Gasteiger partial charge in [-0.25, -0.2) is 15.0 Å². The van der Waals surface area contributed by atoms with Gasteiger partial charge in [0, 0.05) is 918 Å². The molecule has 0 atom stereocenters. The summed E-state index contributed by atoms with van der Waals surface area (Å²) in [6.45, 7) is 8.23. The van der Waals surface area contributed by atoms with E-state index in [0.29, 0.717) is 17.5 Å². The Balaban J connectivity index is 0.000000931. The van der Waals surface area contributed by atoms with Gasteiger partial charge in [-0.2, -0.15) is 0 Å². The van der Waals surface area contributed by atoms with Crippen LogP contribution < -0.4 is 5.46 Å². The molecule has 1 fully saturated rings. The second-order valence-electron chi connectivity index (χ2n) is 16.0. The normalized spacial score (nSPS) is 10.0. The minimum Gasteiger partial charge on any atom is -0.399 e. The fourth-order valence-corrected chi connectivity index (χ4v) is 271. The predicted octanol–water partition coefficient (Wildman–Crippen LogP) is 4.93. The minimum absolute atomic E-state index is 0.375. The van der Waals surface area contributed by atoms with Crippen LogP contribution in [-0.2, 0) is 911 Å². The van der Waals surface area contributed by atoms with Crippen molar-refractivity contribution >= 4 is 914 Å². The van der Waals surface area contributed by atoms with Crippen molar-refractivity contribution in [2.24, 2.45) is 0 Å². The van der Waals surface area contributed by atoms with Crippen LogP contribution in [0.25, 0.3) is 34.2 Å². The lowest BCUT2D eigenvalue weighted by molar-refractivity contribution is 0.00578. The van der Waals surface area contributed by atoms with Gasteiger partial charge >= 0.3 is 7.12 Å². The molecule has 1 aromatic heterocycles. The molecule has 3 aromatic carbocycles. The molecule has 1 saturated heterocycles. The quantitative estimate of drug-likeness (QED) is 0.269. The first kappa shape index (κ1) is 145. The van der Waals surface area contributed by atoms with Crippen LogP contribution in [0.1, 0.15) is 27.7 Å². The maximum Gasteiger partial charge on any atom is 0.494 e. The summed E-state index contributed by atoms with van der Waals surface area (Å²) >= 11 is 9.66. The van der Waals surface area contributed by atoms with Crippen LogP contribution in [0.2, 0.25) is 0 Å². The monoisotopic (exact) mass is 3660 g/mol. The molecule has 1 aliphatic rings. The second kappa shape index (κ2) is 116. The third-order valence-corrected chi connectivity index (χ3v) is 227. The molecular weight excluding hydrogens is 3650 g/mol. The molecule has 1 aliphatic heterocycles. The van der Waals surface area contributed by atoms with Crippen LogP contribution in [0.5, 0.6) is 0 Å². The Morgan fingerprint density at radius 3 is 0.396 bits per heavy atom. The molecule has 0 spiro atoms. The van der Waals surface area contributed by atoms with Gasteiger partial charge in [-0.05, 0) is 33.2 Å². The molecule has 0 amide bonds. The molecule has 107 heteroatoms. The van der Waals surface area contributed by atoms with Crippen molar-refractivity contribution in [2.45, 2.75) is 38.9 Å². The lowest BCUT2D eigenvalue weighted by Gasteiger charge is -2.32. The first-order valence-electron chi connectivity index (χ1n) is 27.8. The molecule has 0 bridgehead atoms. The number of aromatic nitrogens is 3. The molecule has 770 valence electrons. The molecule has 2 heterocycles. The molecule has 0 N–H and O–H groups in total. The van der Waals surface area contributed by atoms with Gasteiger partial charge < -0.3 is 9.31 Å². The van der Waals surface area contributed by atoms with Gasteiger partial charge in [0.2, 0.25) is 0 Å². The van der Waals surface area contributed by atoms with Gasteiger partial charge in [-0.15, -0.1) is 0 Å². The first-order chi connectivity index (χ1) is 66.2. The van der Waals surface area contributed by atoms with Gasteiger partial charge in [-0.3, -0.25) is 0 Å². The Morgan fingerprint density at radius 1 is 0.164 bits per heavy atom. The summed E-state index contributed by atoms with van der Waals surface area (Å²) in [6, 6.07) is 28.0. The third-order valence-electron chi connectivity index (χ3n) is 9.12. The fourth-order valence-electron chi connectivity index (χ4n) is 4.81. The molecule has 0 aliphatic carbocycles. The van der Waals surface area contributed by atoms with E-state index in [4.69, 9.17) is 46.6 Å². The highest BCUT2D eigenvalue weighted by Gasteiger charge is 2.51. The van der Waals surface area contributed by atoms with E-state index in [9.17, 15) is 0 Å². The Morgan fingerprint density at radius 2 is 0.276 bits per heavy atom. The molecule has 0 unspecified atom stereocenters. The zero-order valence-corrected chi connectivity index (χ0v) is 143. The van der Waals surface area contributed by atoms with Gasteiger partial charge in [0.05, 0.1) is 11.2 Å². The summed E-state index contributed by atoms with van der Waals surface area (Å²) in [5, 5.41) is 0. The van der Waals surface area contributed by atoms with E-state index in [-0.39, 0.29) is 11.2 Å². The first-order valence-corrected chi connectivity index (χ1v) is 161. The van der Waals surface area contributed by atoms with E-state index < -0.39 is 7.12 Å². The molecule has 4 aromatic rings. The predicted molar refractivity (Wildman–Crippen MR) is 876 cm³/mol. The summed E-state index contributed by atoms with van der Waals surface area (Å²) in [7, 11) is 179. The van der Waals surface area contributed by atoms with Gasteiger partial charge in [0.25, 0.3) is 0 Å². The largest absolute Gasteiger partial charge is 0.494 e. The van der Waals surface area contributed by atoms with Crippen LogP contribution in [0, 0.1) is 0 Å². The summed E-state index contributed by atoms with van der Waals surface area (Å²) in [6.07, 6.45) is 0. The maximum atomic E-state index is 6.19. The van der Waals surface area contributed by atoms with Crippen LogP contribution in [0.4, 0.5) is 0 Å². The van der Waals surface area contributed by atoms with Gasteiger partial charge in [0.15, 0.2) is 17.5 Å². The average Bonchev–Trinajstić information content (AvgIpc) is 1.62. The van der Waals surface area contributed by atoms with Crippen molar-refractivity contribution in [3.05, 3.63) is 84.9 Å². The van der Waals surface area contributed by atoms with Crippen molar-refractivity contribution < 1.29 is 9.31 Å². The number of nitrogens with zero attached hydrogens (tertiary/aromatic N) is 3. The lowest BCUT2D eigenvalue weighted by atomic mass is 9.79. The summed E-state index contributed by atoms with van der Waals surface area (Å²) in [5.41, 5.74) is 3.03. The second-order valence-corrected chi connectivity index (χ2v) is 191. The highest BCUT2D eigenvalue weighted by atomic mass is 33.6. The zero-order chi connectivity index (χ0) is 95.1. The third kappa shape index (κ3) is 94.0. The zero-order valence-electron chi connectivity index (χ0n) is 60.6. The smallest absolute Gasteiger partial charge is 0.399 e. The summed E-state index contributed by atoms with van der Waals surface area (Å²) in [5.74, 6) is 1.92. The van der Waals surface area contributed by atoms with Gasteiger partial charge in [0.1, 0.15) is 0 Å². The SMILES string of the molecule is CC1(C)OB(c2ccc(-c3nc(-c4ccccc4)nc(-c4ccccc4)n3)cc2)OC1(C)C.S=S=S=S=S=S=S=S=S=S=S=S=S=S=S=S=S=S=S=S=S=S=S=S=S=S=S=S=S=S=S=S=S=S=S=S=S=S=S=S=S=S=S=S=S=S=S=S=S=S=S=S=S=S=S=S=S=S=S=S=S=S=S=S=S=S=S=S=S=S=S=S=S=S=S=S=S=S=S=S=S=S=S=S=S=S=S=S=S=S=S=S=S=S=S=S=S=S=S=S=S. The van der Waals surface area contributed by atoms with E-state index in [1.54, 1.807) is 107 Å². The molecular formula is C27H26BN3O2S101. The van der Waals surface area contributed by atoms with Crippen molar-refractivity contribution in [3.63, 3.8) is 0 Å². The molecule has 5 rings (SSSR count). The Labute approximate surface area is 1070 Å². The molecule has 0 radical (unpaired) electrons. The average molecular weight is 3670 g/mol. The van der Waals surface area contributed by atoms with Crippen molar-refractivity contribution in [3.8, 4) is 34.2 Å². The number of hydrogen-bond acceptors (Lipinski definition) is 7. The Hall–Kier alpha value is 18.9. The Kier molecular flexibility index (Phi) is 125. The van der Waals surface area contributed by atoms with Crippen molar-refractivity contribution in [2.75, 3.05) is 0 Å². The van der Waals surface area contributed by atoms with E-state index in [1.165, 1.54) is 17.8 Å². The lowest BCUT2D eigenvalue weighted by Crippen LogP contribution is -2.41. The van der Waals surface area contributed by atoms with E-state index in [2.05, 4.69) is 27.7 Å². The van der Waals surface area contributed by atoms with Crippen LogP contribution >= 0.6 is 0 Å². The molecule has 134 heavy (non-hydrogen) atoms. The van der Waals surface area contributed by atoms with Gasteiger partial charge in [-0.1, -0.05) is 84.9 Å². The maximum absolute atomic E-state index is 6.19. The highest BCUT2D eigenvalue weighted by Crippen LogP contribution is 2.36. The number of hydrogen-bond donors (Lipinski definition) is 0. The summed E-state index contributed by atoms with van der Waals surface area (Å²) in [4.78, 5) is 14.3. The Bertz CT molecular complexity index is 9680. The number of rotatable bonds is 4. The molecule has 5 nitrogen and oxygen atoms in total. The molecule has 0 saturated carbocycles. The van der Waals surface area contributed by atoms with E-state index >= 15 is 0 Å². The van der Waals surface area contributed by atoms with Crippen LogP contribution in [-0.4, -0.2) is 33.3 Å². The minimum atomic E-state index is -0.401. The van der Waals surface area contributed by atoms with Crippen molar-refractivity contribution in [1.29, 1.82) is 0 Å². The van der Waals surface area contributed by atoms with Crippen LogP contribution in [0.15, 0.2) is 84.9 Å². The number of benzene rings is 3. The topological polar surface area (TPSA) is 57.1 Å².